The minimum atomic E-state index is 0.0863. The minimum absolute atomic E-state index is 0.0863. The zero-order valence-corrected chi connectivity index (χ0v) is 11.1. The highest BCUT2D eigenvalue weighted by Gasteiger charge is 2.30. The van der Waals surface area contributed by atoms with Gasteiger partial charge in [-0.2, -0.15) is 0 Å². The molecule has 2 heterocycles. The van der Waals surface area contributed by atoms with Crippen molar-refractivity contribution in [3.05, 3.63) is 0 Å². The van der Waals surface area contributed by atoms with Crippen LogP contribution >= 0.6 is 0 Å². The van der Waals surface area contributed by atoms with Gasteiger partial charge in [0.05, 0.1) is 6.04 Å². The summed E-state index contributed by atoms with van der Waals surface area (Å²) >= 11 is 0. The summed E-state index contributed by atoms with van der Waals surface area (Å²) in [6, 6.07) is 0.0863. The molecule has 2 aliphatic heterocycles. The fraction of sp³-hybridized carbons (Fsp3) is 0.929. The van der Waals surface area contributed by atoms with Gasteiger partial charge in [0.2, 0.25) is 5.91 Å². The lowest BCUT2D eigenvalue weighted by molar-refractivity contribution is -0.135. The molecule has 0 aromatic carbocycles. The molecule has 17 heavy (non-hydrogen) atoms. The van der Waals surface area contributed by atoms with Gasteiger partial charge in [0.25, 0.3) is 0 Å². The van der Waals surface area contributed by atoms with Crippen molar-refractivity contribution in [2.24, 2.45) is 5.92 Å². The second-order valence-corrected chi connectivity index (χ2v) is 5.64. The lowest BCUT2D eigenvalue weighted by Gasteiger charge is -2.34. The van der Waals surface area contributed by atoms with Crippen molar-refractivity contribution in [3.63, 3.8) is 0 Å². The zero-order chi connectivity index (χ0) is 12.1. The van der Waals surface area contributed by atoms with E-state index in [1.165, 1.54) is 44.9 Å². The minimum Gasteiger partial charge on any atom is -0.341 e. The number of hydrogen-bond donors (Lipinski definition) is 1. The Hall–Kier alpha value is -0.570. The van der Waals surface area contributed by atoms with Crippen LogP contribution in [-0.2, 0) is 4.79 Å². The van der Waals surface area contributed by atoms with Gasteiger partial charge in [-0.05, 0) is 38.1 Å². The summed E-state index contributed by atoms with van der Waals surface area (Å²) in [6.07, 6.45) is 8.71. The molecule has 2 unspecified atom stereocenters. The Morgan fingerprint density at radius 1 is 1.06 bits per heavy atom. The third kappa shape index (κ3) is 3.44. The predicted octanol–water partition coefficient (Wildman–Crippen LogP) is 2.17. The highest BCUT2D eigenvalue weighted by atomic mass is 16.2. The Bertz CT molecular complexity index is 247. The summed E-state index contributed by atoms with van der Waals surface area (Å²) in [5.41, 5.74) is 0. The van der Waals surface area contributed by atoms with Gasteiger partial charge in [0, 0.05) is 13.1 Å². The monoisotopic (exact) mass is 238 g/mol. The van der Waals surface area contributed by atoms with Crippen LogP contribution in [0.5, 0.6) is 0 Å². The first-order valence-electron chi connectivity index (χ1n) is 7.31. The normalized spacial score (nSPS) is 31.7. The number of carbonyl (C=O) groups is 1. The summed E-state index contributed by atoms with van der Waals surface area (Å²) < 4.78 is 0. The number of amides is 1. The van der Waals surface area contributed by atoms with Crippen molar-refractivity contribution in [3.8, 4) is 0 Å². The number of carbonyl (C=O) groups excluding carboxylic acids is 1. The molecule has 2 fully saturated rings. The van der Waals surface area contributed by atoms with Crippen molar-refractivity contribution in [1.82, 2.24) is 10.2 Å². The number of likely N-dealkylation sites (tertiary alicyclic amines) is 1. The van der Waals surface area contributed by atoms with Gasteiger partial charge in [0.1, 0.15) is 0 Å². The fourth-order valence-corrected chi connectivity index (χ4v) is 3.04. The molecular formula is C14H26N2O. The molecule has 0 spiro atoms. The van der Waals surface area contributed by atoms with Gasteiger partial charge < -0.3 is 10.2 Å². The van der Waals surface area contributed by atoms with Crippen LogP contribution in [0.1, 0.15) is 51.9 Å². The maximum atomic E-state index is 12.5. The van der Waals surface area contributed by atoms with E-state index in [1.807, 2.05) is 0 Å². The molecule has 2 aliphatic rings. The first-order chi connectivity index (χ1) is 8.29. The van der Waals surface area contributed by atoms with E-state index < -0.39 is 0 Å². The molecule has 2 atom stereocenters. The van der Waals surface area contributed by atoms with Crippen LogP contribution in [0.2, 0.25) is 0 Å². The second kappa shape index (κ2) is 6.39. The van der Waals surface area contributed by atoms with E-state index in [0.29, 0.717) is 11.8 Å². The molecule has 2 saturated heterocycles. The summed E-state index contributed by atoms with van der Waals surface area (Å²) in [6.45, 7) is 5.17. The number of hydrogen-bond acceptors (Lipinski definition) is 2. The van der Waals surface area contributed by atoms with Crippen LogP contribution in [0.15, 0.2) is 0 Å². The van der Waals surface area contributed by atoms with Crippen molar-refractivity contribution < 1.29 is 4.79 Å². The average molecular weight is 238 g/mol. The van der Waals surface area contributed by atoms with Gasteiger partial charge in [-0.15, -0.1) is 0 Å². The highest BCUT2D eigenvalue weighted by Crippen LogP contribution is 2.19. The number of piperidine rings is 1. The molecule has 3 nitrogen and oxygen atoms in total. The molecule has 3 heteroatoms. The number of nitrogens with zero attached hydrogens (tertiary/aromatic N) is 1. The first kappa shape index (κ1) is 12.9. The van der Waals surface area contributed by atoms with Crippen LogP contribution in [-0.4, -0.2) is 36.5 Å². The van der Waals surface area contributed by atoms with E-state index >= 15 is 0 Å². The molecule has 2 rings (SSSR count). The molecule has 1 amide bonds. The van der Waals surface area contributed by atoms with E-state index in [1.54, 1.807) is 0 Å². The van der Waals surface area contributed by atoms with Gasteiger partial charge in [-0.1, -0.05) is 26.2 Å². The molecule has 0 aromatic rings. The molecule has 0 saturated carbocycles. The summed E-state index contributed by atoms with van der Waals surface area (Å²) in [4.78, 5) is 14.6. The van der Waals surface area contributed by atoms with Gasteiger partial charge in [-0.25, -0.2) is 0 Å². The lowest BCUT2D eigenvalue weighted by atomic mass is 9.91. The van der Waals surface area contributed by atoms with Crippen LogP contribution in [0.3, 0.4) is 0 Å². The third-order valence-electron chi connectivity index (χ3n) is 4.20. The van der Waals surface area contributed by atoms with Crippen molar-refractivity contribution >= 4 is 5.91 Å². The summed E-state index contributed by atoms with van der Waals surface area (Å²) in [5.74, 6) is 0.862. The maximum Gasteiger partial charge on any atom is 0.239 e. The third-order valence-corrected chi connectivity index (χ3v) is 4.20. The topological polar surface area (TPSA) is 32.3 Å². The lowest BCUT2D eigenvalue weighted by Crippen LogP contribution is -2.52. The average Bonchev–Trinajstić information content (AvgIpc) is 2.28. The Balaban J connectivity index is 1.91. The van der Waals surface area contributed by atoms with Crippen molar-refractivity contribution in [2.75, 3.05) is 19.6 Å². The van der Waals surface area contributed by atoms with Gasteiger partial charge in [0.15, 0.2) is 0 Å². The summed E-state index contributed by atoms with van der Waals surface area (Å²) in [5, 5.41) is 3.41. The Morgan fingerprint density at radius 3 is 2.35 bits per heavy atom. The fourth-order valence-electron chi connectivity index (χ4n) is 3.04. The largest absolute Gasteiger partial charge is 0.341 e. The Labute approximate surface area is 105 Å². The molecule has 0 aromatic heterocycles. The number of nitrogens with one attached hydrogen (secondary N) is 1. The predicted molar refractivity (Wildman–Crippen MR) is 69.9 cm³/mol. The maximum absolute atomic E-state index is 12.5. The highest BCUT2D eigenvalue weighted by molar-refractivity contribution is 5.82. The van der Waals surface area contributed by atoms with Crippen LogP contribution in [0.25, 0.3) is 0 Å². The van der Waals surface area contributed by atoms with E-state index in [0.717, 1.165) is 19.6 Å². The molecule has 0 radical (unpaired) electrons. The van der Waals surface area contributed by atoms with Gasteiger partial charge in [-0.3, -0.25) is 4.79 Å². The zero-order valence-electron chi connectivity index (χ0n) is 11.1. The quantitative estimate of drug-likeness (QED) is 0.759. The molecular weight excluding hydrogens is 212 g/mol. The first-order valence-corrected chi connectivity index (χ1v) is 7.31. The summed E-state index contributed by atoms with van der Waals surface area (Å²) in [7, 11) is 0. The van der Waals surface area contributed by atoms with E-state index in [-0.39, 0.29) is 6.04 Å². The van der Waals surface area contributed by atoms with E-state index in [9.17, 15) is 4.79 Å². The van der Waals surface area contributed by atoms with E-state index in [4.69, 9.17) is 0 Å². The van der Waals surface area contributed by atoms with E-state index in [2.05, 4.69) is 17.1 Å². The van der Waals surface area contributed by atoms with Gasteiger partial charge >= 0.3 is 0 Å². The smallest absolute Gasteiger partial charge is 0.239 e. The molecule has 0 bridgehead atoms. The van der Waals surface area contributed by atoms with Crippen molar-refractivity contribution in [2.45, 2.75) is 57.9 Å². The van der Waals surface area contributed by atoms with Crippen LogP contribution < -0.4 is 5.32 Å². The van der Waals surface area contributed by atoms with Crippen LogP contribution in [0, 0.1) is 5.92 Å². The Morgan fingerprint density at radius 2 is 1.71 bits per heavy atom. The second-order valence-electron chi connectivity index (χ2n) is 5.64. The molecule has 98 valence electrons. The van der Waals surface area contributed by atoms with Crippen LogP contribution in [0.4, 0.5) is 0 Å². The SMILES string of the molecule is CC1CCCNC1C(=O)N1CCCCCCC1. The van der Waals surface area contributed by atoms with Crippen molar-refractivity contribution in [1.29, 1.82) is 0 Å². The Kier molecular flexibility index (Phi) is 4.84. The molecule has 1 N–H and O–H groups in total. The molecule has 0 aliphatic carbocycles. The standard InChI is InChI=1S/C14H26N2O/c1-12-8-7-9-15-13(12)14(17)16-10-5-3-2-4-6-11-16/h12-13,15H,2-11H2,1H3. The number of rotatable bonds is 1.